The molecule has 0 aliphatic heterocycles. The van der Waals surface area contributed by atoms with E-state index in [9.17, 15) is 26.4 Å². The van der Waals surface area contributed by atoms with Gasteiger partial charge >= 0.3 is 12.3 Å². The van der Waals surface area contributed by atoms with Gasteiger partial charge in [0.15, 0.2) is 0 Å². The number of halogens is 3. The van der Waals surface area contributed by atoms with Crippen molar-refractivity contribution in [1.29, 1.82) is 0 Å². The number of hydrogen-bond donors (Lipinski definition) is 1. The maximum Gasteiger partial charge on any atom is 0.416 e. The summed E-state index contributed by atoms with van der Waals surface area (Å²) in [6.07, 6.45) is -5.14. The highest BCUT2D eigenvalue weighted by Gasteiger charge is 2.30. The quantitative estimate of drug-likeness (QED) is 0.802. The number of alkyl halides is 3. The second-order valence-electron chi connectivity index (χ2n) is 6.75. The Labute approximate surface area is 151 Å². The number of nitrogens with zero attached hydrogens (tertiary/aromatic N) is 1. The Morgan fingerprint density at radius 1 is 1.23 bits per heavy atom. The fourth-order valence-electron chi connectivity index (χ4n) is 1.91. The highest BCUT2D eigenvalue weighted by Crippen LogP contribution is 2.29. The van der Waals surface area contributed by atoms with E-state index in [0.717, 1.165) is 18.2 Å². The summed E-state index contributed by atoms with van der Waals surface area (Å²) < 4.78 is 69.4. The van der Waals surface area contributed by atoms with Gasteiger partial charge in [-0.3, -0.25) is 0 Å². The van der Waals surface area contributed by atoms with Crippen LogP contribution < -0.4 is 4.72 Å². The Bertz CT molecular complexity index is 728. The maximum absolute atomic E-state index is 12.7. The molecule has 0 unspecified atom stereocenters. The van der Waals surface area contributed by atoms with Crippen LogP contribution in [0.2, 0.25) is 0 Å². The van der Waals surface area contributed by atoms with Gasteiger partial charge in [0, 0.05) is 20.1 Å². The largest absolute Gasteiger partial charge is 0.444 e. The van der Waals surface area contributed by atoms with Crippen LogP contribution in [0.15, 0.2) is 24.3 Å². The molecular formula is C16H23F3N2O4S. The lowest BCUT2D eigenvalue weighted by Gasteiger charge is -2.24. The van der Waals surface area contributed by atoms with E-state index in [2.05, 4.69) is 4.72 Å². The molecule has 0 aliphatic carbocycles. The Balaban J connectivity index is 2.59. The zero-order valence-electron chi connectivity index (χ0n) is 15.1. The van der Waals surface area contributed by atoms with Gasteiger partial charge in [-0.1, -0.05) is 18.2 Å². The van der Waals surface area contributed by atoms with Crippen molar-refractivity contribution < 1.29 is 31.1 Å². The van der Waals surface area contributed by atoms with Crippen molar-refractivity contribution in [2.75, 3.05) is 20.1 Å². The van der Waals surface area contributed by atoms with Crippen LogP contribution in [0.5, 0.6) is 0 Å². The summed E-state index contributed by atoms with van der Waals surface area (Å²) in [5.74, 6) is -0.590. The number of sulfonamides is 1. The Kier molecular flexibility index (Phi) is 7.06. The number of hydrogen-bond acceptors (Lipinski definition) is 4. The van der Waals surface area contributed by atoms with E-state index in [1.165, 1.54) is 18.0 Å². The molecule has 1 aromatic carbocycles. The minimum Gasteiger partial charge on any atom is -0.444 e. The van der Waals surface area contributed by atoms with Crippen molar-refractivity contribution in [3.63, 3.8) is 0 Å². The van der Waals surface area contributed by atoms with E-state index in [1.54, 1.807) is 20.8 Å². The fourth-order valence-corrected chi connectivity index (χ4v) is 3.03. The van der Waals surface area contributed by atoms with Crippen LogP contribution >= 0.6 is 0 Å². The number of carbonyl (C=O) groups is 1. The topological polar surface area (TPSA) is 75.7 Å². The van der Waals surface area contributed by atoms with Gasteiger partial charge in [0.1, 0.15) is 5.60 Å². The van der Waals surface area contributed by atoms with Crippen molar-refractivity contribution in [3.8, 4) is 0 Å². The predicted octanol–water partition coefficient (Wildman–Crippen LogP) is 2.99. The lowest BCUT2D eigenvalue weighted by molar-refractivity contribution is -0.137. The number of amides is 1. The highest BCUT2D eigenvalue weighted by molar-refractivity contribution is 7.88. The first-order chi connectivity index (χ1) is 11.7. The van der Waals surface area contributed by atoms with E-state index < -0.39 is 39.2 Å². The number of carbonyl (C=O) groups excluding carboxylic acids is 1. The van der Waals surface area contributed by atoms with Crippen molar-refractivity contribution >= 4 is 16.1 Å². The third kappa shape index (κ3) is 8.05. The second kappa shape index (κ2) is 8.26. The van der Waals surface area contributed by atoms with Crippen LogP contribution in [0.4, 0.5) is 18.0 Å². The molecular weight excluding hydrogens is 373 g/mol. The third-order valence-corrected chi connectivity index (χ3v) is 4.44. The molecule has 1 amide bonds. The van der Waals surface area contributed by atoms with Gasteiger partial charge in [0.2, 0.25) is 10.0 Å². The predicted molar refractivity (Wildman–Crippen MR) is 90.9 cm³/mol. The molecule has 1 rings (SSSR count). The number of benzene rings is 1. The first-order valence-electron chi connectivity index (χ1n) is 7.77. The van der Waals surface area contributed by atoms with Crippen molar-refractivity contribution in [2.45, 2.75) is 38.3 Å². The Hall–Kier alpha value is -1.81. The van der Waals surface area contributed by atoms with Crippen LogP contribution in [-0.2, 0) is 26.7 Å². The van der Waals surface area contributed by atoms with Gasteiger partial charge in [-0.25, -0.2) is 17.9 Å². The van der Waals surface area contributed by atoms with Crippen molar-refractivity contribution in [3.05, 3.63) is 35.4 Å². The van der Waals surface area contributed by atoms with Crippen molar-refractivity contribution in [1.82, 2.24) is 9.62 Å². The molecule has 10 heteroatoms. The average molecular weight is 396 g/mol. The zero-order chi connectivity index (χ0) is 20.2. The van der Waals surface area contributed by atoms with Crippen LogP contribution in [0.25, 0.3) is 0 Å². The van der Waals surface area contributed by atoms with Gasteiger partial charge in [-0.05, 0) is 32.4 Å². The molecule has 0 aliphatic rings. The molecule has 1 N–H and O–H groups in total. The fraction of sp³-hybridized carbons (Fsp3) is 0.562. The number of nitrogens with one attached hydrogen (secondary N) is 1. The summed E-state index contributed by atoms with van der Waals surface area (Å²) in [4.78, 5) is 13.0. The number of likely N-dealkylation sites (N-methyl/N-ethyl adjacent to an activating group) is 1. The van der Waals surface area contributed by atoms with Gasteiger partial charge in [0.25, 0.3) is 0 Å². The number of rotatable bonds is 6. The van der Waals surface area contributed by atoms with E-state index in [1.807, 2.05) is 0 Å². The minimum atomic E-state index is -4.54. The molecule has 148 valence electrons. The summed E-state index contributed by atoms with van der Waals surface area (Å²) in [6.45, 7) is 5.08. The molecule has 0 atom stereocenters. The van der Waals surface area contributed by atoms with Crippen LogP contribution in [0, 0.1) is 0 Å². The van der Waals surface area contributed by atoms with Crippen LogP contribution in [0.1, 0.15) is 31.9 Å². The van der Waals surface area contributed by atoms with E-state index in [4.69, 9.17) is 4.74 Å². The third-order valence-electron chi connectivity index (χ3n) is 3.09. The monoisotopic (exact) mass is 396 g/mol. The summed E-state index contributed by atoms with van der Waals surface area (Å²) in [5, 5.41) is 0. The van der Waals surface area contributed by atoms with Gasteiger partial charge in [-0.2, -0.15) is 13.2 Å². The highest BCUT2D eigenvalue weighted by atomic mass is 32.2. The standard InChI is InChI=1S/C16H23F3N2O4S/c1-15(2,3)25-14(22)21(4)9-8-20-26(23,24)11-12-6-5-7-13(10-12)16(17,18)19/h5-7,10,20H,8-9,11H2,1-4H3. The number of ether oxygens (including phenoxy) is 1. The molecule has 1 aromatic rings. The molecule has 0 radical (unpaired) electrons. The van der Waals surface area contributed by atoms with Gasteiger partial charge in [-0.15, -0.1) is 0 Å². The van der Waals surface area contributed by atoms with Crippen molar-refractivity contribution in [2.24, 2.45) is 0 Å². The van der Waals surface area contributed by atoms with Crippen LogP contribution in [0.3, 0.4) is 0 Å². The zero-order valence-corrected chi connectivity index (χ0v) is 15.9. The van der Waals surface area contributed by atoms with Gasteiger partial charge < -0.3 is 9.64 Å². The smallest absolute Gasteiger partial charge is 0.416 e. The second-order valence-corrected chi connectivity index (χ2v) is 8.56. The van der Waals surface area contributed by atoms with E-state index in [0.29, 0.717) is 0 Å². The first kappa shape index (κ1) is 22.2. The van der Waals surface area contributed by atoms with Crippen LogP contribution in [-0.4, -0.2) is 45.1 Å². The summed E-state index contributed by atoms with van der Waals surface area (Å²) in [6, 6.07) is 4.14. The molecule has 0 saturated carbocycles. The molecule has 0 aromatic heterocycles. The molecule has 0 spiro atoms. The molecule has 0 saturated heterocycles. The normalized spacial score (nSPS) is 12.7. The van der Waals surface area contributed by atoms with E-state index in [-0.39, 0.29) is 18.7 Å². The SMILES string of the molecule is CN(CCNS(=O)(=O)Cc1cccc(C(F)(F)F)c1)C(=O)OC(C)(C)C. The lowest BCUT2D eigenvalue weighted by Crippen LogP contribution is -2.39. The minimum absolute atomic E-state index is 0.0211. The summed E-state index contributed by atoms with van der Waals surface area (Å²) in [7, 11) is -2.40. The maximum atomic E-state index is 12.7. The molecule has 0 bridgehead atoms. The average Bonchev–Trinajstić information content (AvgIpc) is 2.44. The molecule has 0 heterocycles. The first-order valence-corrected chi connectivity index (χ1v) is 9.42. The Morgan fingerprint density at radius 2 is 1.85 bits per heavy atom. The summed E-state index contributed by atoms with van der Waals surface area (Å²) in [5.41, 5.74) is -1.56. The van der Waals surface area contributed by atoms with Gasteiger partial charge in [0.05, 0.1) is 11.3 Å². The molecule has 26 heavy (non-hydrogen) atoms. The Morgan fingerprint density at radius 3 is 2.38 bits per heavy atom. The lowest BCUT2D eigenvalue weighted by atomic mass is 10.1. The van der Waals surface area contributed by atoms with E-state index >= 15 is 0 Å². The molecule has 0 fully saturated rings. The molecule has 6 nitrogen and oxygen atoms in total. The summed E-state index contributed by atoms with van der Waals surface area (Å²) >= 11 is 0.